The Kier molecular flexibility index (Phi) is 5.99. The second kappa shape index (κ2) is 6.47. The number of carboxylic acids is 1. The van der Waals surface area contributed by atoms with Crippen molar-refractivity contribution >= 4 is 12.1 Å². The average molecular weight is 245 g/mol. The van der Waals surface area contributed by atoms with Crippen molar-refractivity contribution in [2.75, 3.05) is 13.1 Å². The van der Waals surface area contributed by atoms with Gasteiger partial charge in [-0.3, -0.25) is 4.79 Å². The summed E-state index contributed by atoms with van der Waals surface area (Å²) in [4.78, 5) is 24.1. The van der Waals surface area contributed by atoms with Crippen LogP contribution in [0.15, 0.2) is 0 Å². The fraction of sp³-hybridized carbons (Fsp3) is 0.833. The van der Waals surface area contributed by atoms with Crippen molar-refractivity contribution in [1.29, 1.82) is 0 Å². The number of ether oxygens (including phenoxy) is 1. The van der Waals surface area contributed by atoms with Gasteiger partial charge in [0.05, 0.1) is 5.92 Å². The first-order valence-electron chi connectivity index (χ1n) is 5.92. The van der Waals surface area contributed by atoms with Gasteiger partial charge in [0.15, 0.2) is 0 Å². The minimum atomic E-state index is -0.880. The first-order chi connectivity index (χ1) is 7.71. The van der Waals surface area contributed by atoms with Crippen LogP contribution in [0.25, 0.3) is 0 Å². The van der Waals surface area contributed by atoms with E-state index < -0.39 is 23.6 Å². The molecule has 1 atom stereocenters. The molecule has 0 spiro atoms. The maximum Gasteiger partial charge on any atom is 0.410 e. The molecule has 0 saturated carbocycles. The summed E-state index contributed by atoms with van der Waals surface area (Å²) in [6, 6.07) is 0. The molecule has 0 aromatic carbocycles. The van der Waals surface area contributed by atoms with Crippen molar-refractivity contribution in [2.45, 2.75) is 46.6 Å². The summed E-state index contributed by atoms with van der Waals surface area (Å²) in [5.74, 6) is -1.42. The van der Waals surface area contributed by atoms with Crippen molar-refractivity contribution in [3.63, 3.8) is 0 Å². The maximum absolute atomic E-state index is 11.8. The summed E-state index contributed by atoms with van der Waals surface area (Å²) in [6.45, 7) is 9.59. The highest BCUT2D eigenvalue weighted by atomic mass is 16.6. The van der Waals surface area contributed by atoms with Crippen molar-refractivity contribution in [2.24, 2.45) is 5.92 Å². The van der Waals surface area contributed by atoms with Crippen LogP contribution in [0.5, 0.6) is 0 Å². The zero-order valence-corrected chi connectivity index (χ0v) is 11.3. The lowest BCUT2D eigenvalue weighted by Gasteiger charge is -2.28. The van der Waals surface area contributed by atoms with E-state index in [0.29, 0.717) is 13.0 Å². The number of rotatable bonds is 5. The standard InChI is InChI=1S/C12H23NO4/c1-6-9(10(14)15)8-13(7-2)11(16)17-12(3,4)5/h9H,6-8H2,1-5H3,(H,14,15)/t9-/m0/s1. The van der Waals surface area contributed by atoms with Crippen LogP contribution in [0, 0.1) is 5.92 Å². The summed E-state index contributed by atoms with van der Waals surface area (Å²) in [6.07, 6.45) is 0.0361. The quantitative estimate of drug-likeness (QED) is 0.807. The Labute approximate surface area is 103 Å². The molecule has 100 valence electrons. The normalized spacial score (nSPS) is 13.0. The third kappa shape index (κ3) is 6.14. The molecule has 0 saturated heterocycles. The van der Waals surface area contributed by atoms with Gasteiger partial charge in [0.2, 0.25) is 0 Å². The fourth-order valence-corrected chi connectivity index (χ4v) is 1.31. The Morgan fingerprint density at radius 3 is 2.12 bits per heavy atom. The van der Waals surface area contributed by atoms with Crippen LogP contribution in [0.2, 0.25) is 0 Å². The van der Waals surface area contributed by atoms with Gasteiger partial charge in [-0.25, -0.2) is 4.79 Å². The fourth-order valence-electron chi connectivity index (χ4n) is 1.31. The molecular formula is C12H23NO4. The molecule has 0 fully saturated rings. The minimum absolute atomic E-state index is 0.192. The molecule has 0 rings (SSSR count). The minimum Gasteiger partial charge on any atom is -0.481 e. The van der Waals surface area contributed by atoms with E-state index in [-0.39, 0.29) is 6.54 Å². The molecule has 0 heterocycles. The van der Waals surface area contributed by atoms with Crippen molar-refractivity contribution in [3.05, 3.63) is 0 Å². The lowest BCUT2D eigenvalue weighted by atomic mass is 10.1. The largest absolute Gasteiger partial charge is 0.481 e. The molecule has 0 aliphatic rings. The highest BCUT2D eigenvalue weighted by molar-refractivity contribution is 5.72. The predicted octanol–water partition coefficient (Wildman–Crippen LogP) is 2.35. The summed E-state index contributed by atoms with van der Waals surface area (Å²) in [5, 5.41) is 8.95. The topological polar surface area (TPSA) is 66.8 Å². The van der Waals surface area contributed by atoms with E-state index in [2.05, 4.69) is 0 Å². The number of carbonyl (C=O) groups excluding carboxylic acids is 1. The van der Waals surface area contributed by atoms with Crippen LogP contribution in [-0.4, -0.2) is 40.8 Å². The molecule has 0 aromatic heterocycles. The third-order valence-corrected chi connectivity index (χ3v) is 2.32. The SMILES string of the molecule is CC[C@@H](CN(CC)C(=O)OC(C)(C)C)C(=O)O. The Morgan fingerprint density at radius 2 is 1.82 bits per heavy atom. The Morgan fingerprint density at radius 1 is 1.29 bits per heavy atom. The number of hydrogen-bond acceptors (Lipinski definition) is 3. The van der Waals surface area contributed by atoms with E-state index >= 15 is 0 Å². The number of carboxylic acid groups (broad SMARTS) is 1. The van der Waals surface area contributed by atoms with Crippen LogP contribution in [0.3, 0.4) is 0 Å². The lowest BCUT2D eigenvalue weighted by Crippen LogP contribution is -2.40. The molecule has 0 aliphatic heterocycles. The van der Waals surface area contributed by atoms with Crippen LogP contribution in [0.4, 0.5) is 4.79 Å². The van der Waals surface area contributed by atoms with Gasteiger partial charge in [-0.15, -0.1) is 0 Å². The average Bonchev–Trinajstić information content (AvgIpc) is 2.15. The summed E-state index contributed by atoms with van der Waals surface area (Å²) in [5.41, 5.74) is -0.560. The molecule has 0 aromatic rings. The van der Waals surface area contributed by atoms with E-state index in [4.69, 9.17) is 9.84 Å². The van der Waals surface area contributed by atoms with E-state index in [1.165, 1.54) is 4.90 Å². The molecule has 0 radical (unpaired) electrons. The van der Waals surface area contributed by atoms with Gasteiger partial charge in [-0.2, -0.15) is 0 Å². The highest BCUT2D eigenvalue weighted by Crippen LogP contribution is 2.12. The monoisotopic (exact) mass is 245 g/mol. The Balaban J connectivity index is 4.51. The van der Waals surface area contributed by atoms with Crippen molar-refractivity contribution in [3.8, 4) is 0 Å². The number of amides is 1. The van der Waals surface area contributed by atoms with Crippen LogP contribution < -0.4 is 0 Å². The van der Waals surface area contributed by atoms with E-state index in [0.717, 1.165) is 0 Å². The Hall–Kier alpha value is -1.26. The molecule has 0 aliphatic carbocycles. The van der Waals surface area contributed by atoms with Gasteiger partial charge >= 0.3 is 12.1 Å². The zero-order valence-electron chi connectivity index (χ0n) is 11.3. The molecule has 5 heteroatoms. The molecule has 0 unspecified atom stereocenters. The van der Waals surface area contributed by atoms with Gasteiger partial charge < -0.3 is 14.7 Å². The van der Waals surface area contributed by atoms with E-state index in [9.17, 15) is 9.59 Å². The summed E-state index contributed by atoms with van der Waals surface area (Å²) < 4.78 is 5.21. The van der Waals surface area contributed by atoms with Crippen molar-refractivity contribution < 1.29 is 19.4 Å². The number of carbonyl (C=O) groups is 2. The molecular weight excluding hydrogens is 222 g/mol. The maximum atomic E-state index is 11.8. The van der Waals surface area contributed by atoms with Gasteiger partial charge in [0, 0.05) is 13.1 Å². The first kappa shape index (κ1) is 15.7. The number of aliphatic carboxylic acids is 1. The third-order valence-electron chi connectivity index (χ3n) is 2.32. The molecule has 1 N–H and O–H groups in total. The molecule has 5 nitrogen and oxygen atoms in total. The Bertz CT molecular complexity index is 270. The van der Waals surface area contributed by atoms with Crippen LogP contribution in [0.1, 0.15) is 41.0 Å². The van der Waals surface area contributed by atoms with Gasteiger partial charge in [-0.05, 0) is 34.1 Å². The second-order valence-corrected chi connectivity index (χ2v) is 4.96. The zero-order chi connectivity index (χ0) is 13.6. The van der Waals surface area contributed by atoms with Gasteiger partial charge in [0.25, 0.3) is 0 Å². The summed E-state index contributed by atoms with van der Waals surface area (Å²) >= 11 is 0. The van der Waals surface area contributed by atoms with Gasteiger partial charge in [0.1, 0.15) is 5.60 Å². The lowest BCUT2D eigenvalue weighted by molar-refractivity contribution is -0.142. The molecule has 0 bridgehead atoms. The van der Waals surface area contributed by atoms with E-state index in [1.807, 2.05) is 0 Å². The van der Waals surface area contributed by atoms with Crippen LogP contribution in [-0.2, 0) is 9.53 Å². The number of hydrogen-bond donors (Lipinski definition) is 1. The van der Waals surface area contributed by atoms with E-state index in [1.54, 1.807) is 34.6 Å². The molecule has 17 heavy (non-hydrogen) atoms. The predicted molar refractivity (Wildman–Crippen MR) is 64.9 cm³/mol. The second-order valence-electron chi connectivity index (χ2n) is 4.96. The first-order valence-corrected chi connectivity index (χ1v) is 5.92. The highest BCUT2D eigenvalue weighted by Gasteiger charge is 2.25. The smallest absolute Gasteiger partial charge is 0.410 e. The summed E-state index contributed by atoms with van der Waals surface area (Å²) in [7, 11) is 0. The number of nitrogens with zero attached hydrogens (tertiary/aromatic N) is 1. The van der Waals surface area contributed by atoms with Gasteiger partial charge in [-0.1, -0.05) is 6.92 Å². The van der Waals surface area contributed by atoms with Crippen LogP contribution >= 0.6 is 0 Å². The molecule has 1 amide bonds. The van der Waals surface area contributed by atoms with Crippen molar-refractivity contribution in [1.82, 2.24) is 4.90 Å².